The molecule has 2 nitrogen and oxygen atoms in total. The van der Waals surface area contributed by atoms with E-state index >= 15 is 0 Å². The molecule has 1 aromatic rings. The topological polar surface area (TPSA) is 17.8 Å². The molecule has 0 amide bonds. The van der Waals surface area contributed by atoms with Gasteiger partial charge >= 0.3 is 31.1 Å². The maximum atomic E-state index is 3.73. The standard InChI is InChI=1S/C5H7N2.U/c1-2-7-4-3-6-5-7;/h3-4H,2H2,1H3;/q-1;+2. The molecule has 3 heteroatoms. The van der Waals surface area contributed by atoms with Gasteiger partial charge in [0.1, 0.15) is 0 Å². The Morgan fingerprint density at radius 1 is 1.75 bits per heavy atom. The van der Waals surface area contributed by atoms with Crippen LogP contribution < -0.4 is 0 Å². The van der Waals surface area contributed by atoms with Gasteiger partial charge in [0.25, 0.3) is 0 Å². The number of imidazole rings is 1. The van der Waals surface area contributed by atoms with Crippen LogP contribution in [0.3, 0.4) is 0 Å². The molecule has 0 spiro atoms. The molecule has 0 N–H and O–H groups in total. The fourth-order valence-electron chi connectivity index (χ4n) is 0.431. The molecular formula is C5H7N2U+. The third-order valence-corrected chi connectivity index (χ3v) is 0.848. The van der Waals surface area contributed by atoms with Gasteiger partial charge in [-0.1, -0.05) is 0 Å². The Labute approximate surface area is 72.7 Å². The minimum Gasteiger partial charge on any atom is -0.454 e. The van der Waals surface area contributed by atoms with E-state index in [1.807, 2.05) is 10.8 Å². The van der Waals surface area contributed by atoms with Crippen molar-refractivity contribution in [3.8, 4) is 0 Å². The van der Waals surface area contributed by atoms with Crippen molar-refractivity contribution in [2.45, 2.75) is 13.5 Å². The van der Waals surface area contributed by atoms with Crippen LogP contribution in [0.15, 0.2) is 12.4 Å². The van der Waals surface area contributed by atoms with E-state index in [1.165, 1.54) is 0 Å². The van der Waals surface area contributed by atoms with Crippen molar-refractivity contribution in [3.63, 3.8) is 0 Å². The van der Waals surface area contributed by atoms with Crippen molar-refractivity contribution in [1.29, 1.82) is 0 Å². The van der Waals surface area contributed by atoms with Gasteiger partial charge in [-0.2, -0.15) is 0 Å². The quantitative estimate of drug-likeness (QED) is 0.692. The number of hydrogen-bond acceptors (Lipinski definition) is 1. The van der Waals surface area contributed by atoms with E-state index in [-0.39, 0.29) is 31.1 Å². The average Bonchev–Trinajstić information content (AvgIpc) is 2.14. The summed E-state index contributed by atoms with van der Waals surface area (Å²) in [6, 6.07) is 0. The van der Waals surface area contributed by atoms with Crippen LogP contribution in [0, 0.1) is 37.4 Å². The Balaban J connectivity index is 0.000000490. The zero-order valence-electron chi connectivity index (χ0n) is 4.76. The second kappa shape index (κ2) is 4.17. The first-order valence-corrected chi connectivity index (χ1v) is 2.32. The molecule has 0 fully saturated rings. The molecule has 0 aliphatic heterocycles. The Hall–Kier alpha value is 0.262. The largest absolute Gasteiger partial charge is 2.00 e. The van der Waals surface area contributed by atoms with Gasteiger partial charge in [0.2, 0.25) is 0 Å². The molecule has 0 aliphatic carbocycles. The molecule has 0 atom stereocenters. The molecule has 40 valence electrons. The SMILES string of the molecule is CCn1[c-]ncc1.[U+2]. The van der Waals surface area contributed by atoms with Crippen molar-refractivity contribution < 1.29 is 31.1 Å². The number of nitrogens with zero attached hydrogens (tertiary/aromatic N) is 2. The van der Waals surface area contributed by atoms with Crippen LogP contribution >= 0.6 is 0 Å². The fraction of sp³-hybridized carbons (Fsp3) is 0.400. The number of rotatable bonds is 1. The average molecular weight is 333 g/mol. The summed E-state index contributed by atoms with van der Waals surface area (Å²) in [6.07, 6.45) is 6.37. The molecule has 1 aromatic heterocycles. The molecule has 8 heavy (non-hydrogen) atoms. The number of aromatic nitrogens is 2. The normalized spacial score (nSPS) is 8.12. The number of aryl methyl sites for hydroxylation is 1. The van der Waals surface area contributed by atoms with Crippen LogP contribution in [0.5, 0.6) is 0 Å². The van der Waals surface area contributed by atoms with Gasteiger partial charge in [-0.3, -0.25) is 0 Å². The smallest absolute Gasteiger partial charge is 0.454 e. The third-order valence-electron chi connectivity index (χ3n) is 0.848. The molecule has 0 aromatic carbocycles. The minimum absolute atomic E-state index is 0. The molecule has 0 saturated heterocycles. The maximum Gasteiger partial charge on any atom is 2.00 e. The number of hydrogen-bond donors (Lipinski definition) is 0. The molecule has 1 heterocycles. The molecule has 0 unspecified atom stereocenters. The Kier molecular flexibility index (Phi) is 4.31. The van der Waals surface area contributed by atoms with Crippen molar-refractivity contribution in [2.24, 2.45) is 0 Å². The Bertz CT molecular complexity index is 125. The molecule has 0 saturated carbocycles. The summed E-state index contributed by atoms with van der Waals surface area (Å²) in [4.78, 5) is 3.73. The second-order valence-corrected chi connectivity index (χ2v) is 1.31. The van der Waals surface area contributed by atoms with Crippen LogP contribution in [0.25, 0.3) is 0 Å². The van der Waals surface area contributed by atoms with Gasteiger partial charge in [-0.15, -0.1) is 12.4 Å². The predicted molar refractivity (Wildman–Crippen MR) is 26.7 cm³/mol. The summed E-state index contributed by atoms with van der Waals surface area (Å²) in [7, 11) is 0. The summed E-state index contributed by atoms with van der Waals surface area (Å²) in [6.45, 7) is 3.01. The van der Waals surface area contributed by atoms with E-state index in [0.717, 1.165) is 6.54 Å². The monoisotopic (exact) mass is 333 g/mol. The van der Waals surface area contributed by atoms with E-state index < -0.39 is 0 Å². The van der Waals surface area contributed by atoms with E-state index in [1.54, 1.807) is 6.20 Å². The summed E-state index contributed by atoms with van der Waals surface area (Å²) in [5.74, 6) is 0. The van der Waals surface area contributed by atoms with Gasteiger partial charge < -0.3 is 9.55 Å². The first kappa shape index (κ1) is 8.26. The van der Waals surface area contributed by atoms with Gasteiger partial charge in [0.15, 0.2) is 0 Å². The summed E-state index contributed by atoms with van der Waals surface area (Å²) in [5.41, 5.74) is 0. The molecular weight excluding hydrogens is 326 g/mol. The van der Waals surface area contributed by atoms with Gasteiger partial charge in [0.05, 0.1) is 0 Å². The summed E-state index contributed by atoms with van der Waals surface area (Å²) in [5, 5.41) is 0. The first-order chi connectivity index (χ1) is 3.43. The maximum absolute atomic E-state index is 3.73. The minimum atomic E-state index is 0. The summed E-state index contributed by atoms with van der Waals surface area (Å²) >= 11 is 0. The van der Waals surface area contributed by atoms with Crippen molar-refractivity contribution in [1.82, 2.24) is 9.55 Å². The van der Waals surface area contributed by atoms with Gasteiger partial charge in [0, 0.05) is 6.33 Å². The van der Waals surface area contributed by atoms with Crippen molar-refractivity contribution >= 4 is 0 Å². The van der Waals surface area contributed by atoms with Crippen molar-refractivity contribution in [2.75, 3.05) is 0 Å². The van der Waals surface area contributed by atoms with Gasteiger partial charge in [-0.05, 0) is 13.5 Å². The van der Waals surface area contributed by atoms with Crippen LogP contribution in [0.2, 0.25) is 0 Å². The van der Waals surface area contributed by atoms with Crippen LogP contribution in [0.1, 0.15) is 6.92 Å². The van der Waals surface area contributed by atoms with Crippen LogP contribution in [0.4, 0.5) is 0 Å². The van der Waals surface area contributed by atoms with Gasteiger partial charge in [-0.25, -0.2) is 0 Å². The van der Waals surface area contributed by atoms with Crippen LogP contribution in [-0.2, 0) is 6.54 Å². The molecule has 0 bridgehead atoms. The van der Waals surface area contributed by atoms with Crippen molar-refractivity contribution in [3.05, 3.63) is 18.7 Å². The van der Waals surface area contributed by atoms with E-state index in [4.69, 9.17) is 0 Å². The zero-order valence-corrected chi connectivity index (χ0v) is 8.92. The molecule has 0 radical (unpaired) electrons. The predicted octanol–water partition coefficient (Wildman–Crippen LogP) is 0.703. The van der Waals surface area contributed by atoms with Crippen LogP contribution in [-0.4, -0.2) is 9.55 Å². The summed E-state index contributed by atoms with van der Waals surface area (Å²) < 4.78 is 1.89. The Morgan fingerprint density at radius 2 is 2.50 bits per heavy atom. The van der Waals surface area contributed by atoms with E-state index in [0.29, 0.717) is 0 Å². The second-order valence-electron chi connectivity index (χ2n) is 1.31. The van der Waals surface area contributed by atoms with E-state index in [2.05, 4.69) is 18.2 Å². The Morgan fingerprint density at radius 3 is 2.75 bits per heavy atom. The van der Waals surface area contributed by atoms with E-state index in [9.17, 15) is 0 Å². The molecule has 1 rings (SSSR count). The molecule has 0 aliphatic rings. The third kappa shape index (κ3) is 2.02. The first-order valence-electron chi connectivity index (χ1n) is 2.32. The zero-order chi connectivity index (χ0) is 5.11. The fourth-order valence-corrected chi connectivity index (χ4v) is 0.431.